The van der Waals surface area contributed by atoms with Gasteiger partial charge < -0.3 is 20.9 Å². The molecule has 1 unspecified atom stereocenters. The van der Waals surface area contributed by atoms with Crippen molar-refractivity contribution in [3.05, 3.63) is 0 Å². The SMILES string of the molecule is O=C(NCCC(=O)N1CCCC1)C1CNCCN1. The fraction of sp³-hybridized carbons (Fsp3) is 0.833. The average molecular weight is 254 g/mol. The highest BCUT2D eigenvalue weighted by atomic mass is 16.2. The maximum Gasteiger partial charge on any atom is 0.238 e. The van der Waals surface area contributed by atoms with Gasteiger partial charge in [-0.25, -0.2) is 0 Å². The van der Waals surface area contributed by atoms with Gasteiger partial charge in [-0.05, 0) is 12.8 Å². The van der Waals surface area contributed by atoms with Crippen molar-refractivity contribution in [3.63, 3.8) is 0 Å². The average Bonchev–Trinajstić information content (AvgIpc) is 2.93. The summed E-state index contributed by atoms with van der Waals surface area (Å²) in [5, 5.41) is 9.12. The molecule has 2 aliphatic heterocycles. The van der Waals surface area contributed by atoms with E-state index in [0.29, 0.717) is 19.5 Å². The molecule has 2 aliphatic rings. The third-order valence-corrected chi connectivity index (χ3v) is 3.45. The summed E-state index contributed by atoms with van der Waals surface area (Å²) >= 11 is 0. The Morgan fingerprint density at radius 2 is 2.00 bits per heavy atom. The molecular weight excluding hydrogens is 232 g/mol. The minimum atomic E-state index is -0.166. The van der Waals surface area contributed by atoms with Crippen molar-refractivity contribution < 1.29 is 9.59 Å². The number of rotatable bonds is 4. The summed E-state index contributed by atoms with van der Waals surface area (Å²) in [5.41, 5.74) is 0. The number of carbonyl (C=O) groups is 2. The van der Waals surface area contributed by atoms with Gasteiger partial charge in [0, 0.05) is 45.7 Å². The van der Waals surface area contributed by atoms with Gasteiger partial charge >= 0.3 is 0 Å². The largest absolute Gasteiger partial charge is 0.354 e. The first-order valence-electron chi connectivity index (χ1n) is 6.77. The number of hydrogen-bond donors (Lipinski definition) is 3. The number of amides is 2. The van der Waals surface area contributed by atoms with Crippen LogP contribution in [-0.4, -0.2) is 62.0 Å². The molecule has 0 aromatic heterocycles. The van der Waals surface area contributed by atoms with Crippen molar-refractivity contribution in [1.29, 1.82) is 0 Å². The van der Waals surface area contributed by atoms with Crippen molar-refractivity contribution in [1.82, 2.24) is 20.9 Å². The fourth-order valence-electron chi connectivity index (χ4n) is 2.38. The molecule has 102 valence electrons. The highest BCUT2D eigenvalue weighted by Gasteiger charge is 2.21. The van der Waals surface area contributed by atoms with Gasteiger partial charge in [0.1, 0.15) is 0 Å². The molecule has 6 nitrogen and oxygen atoms in total. The summed E-state index contributed by atoms with van der Waals surface area (Å²) in [5.74, 6) is 0.138. The minimum absolute atomic E-state index is 0.0172. The third kappa shape index (κ3) is 3.68. The molecule has 2 heterocycles. The molecule has 2 saturated heterocycles. The summed E-state index contributed by atoms with van der Waals surface area (Å²) in [6.07, 6.45) is 2.62. The van der Waals surface area contributed by atoms with Crippen molar-refractivity contribution >= 4 is 11.8 Å². The number of nitrogens with zero attached hydrogens (tertiary/aromatic N) is 1. The smallest absolute Gasteiger partial charge is 0.238 e. The number of nitrogens with one attached hydrogen (secondary N) is 3. The van der Waals surface area contributed by atoms with E-state index in [1.165, 1.54) is 0 Å². The molecule has 18 heavy (non-hydrogen) atoms. The summed E-state index contributed by atoms with van der Waals surface area (Å²) < 4.78 is 0. The van der Waals surface area contributed by atoms with E-state index < -0.39 is 0 Å². The molecule has 1 atom stereocenters. The summed E-state index contributed by atoms with van der Waals surface area (Å²) in [7, 11) is 0. The Bertz CT molecular complexity index is 296. The van der Waals surface area contributed by atoms with Gasteiger partial charge in [-0.15, -0.1) is 0 Å². The van der Waals surface area contributed by atoms with E-state index in [9.17, 15) is 9.59 Å². The van der Waals surface area contributed by atoms with E-state index in [2.05, 4.69) is 16.0 Å². The fourth-order valence-corrected chi connectivity index (χ4v) is 2.38. The van der Waals surface area contributed by atoms with Crippen LogP contribution >= 0.6 is 0 Å². The van der Waals surface area contributed by atoms with Crippen LogP contribution < -0.4 is 16.0 Å². The standard InChI is InChI=1S/C12H22N4O2/c17-11(16-7-1-2-8-16)3-4-15-12(18)10-9-13-5-6-14-10/h10,13-14H,1-9H2,(H,15,18). The van der Waals surface area contributed by atoms with Crippen molar-refractivity contribution in [2.75, 3.05) is 39.3 Å². The Morgan fingerprint density at radius 3 is 2.67 bits per heavy atom. The number of piperazine rings is 1. The number of likely N-dealkylation sites (tertiary alicyclic amines) is 1. The normalized spacial score (nSPS) is 24.0. The van der Waals surface area contributed by atoms with Crippen LogP contribution in [0.3, 0.4) is 0 Å². The zero-order valence-electron chi connectivity index (χ0n) is 10.7. The number of hydrogen-bond acceptors (Lipinski definition) is 4. The molecule has 0 radical (unpaired) electrons. The molecule has 0 aromatic carbocycles. The Hall–Kier alpha value is -1.14. The zero-order valence-corrected chi connectivity index (χ0v) is 10.7. The second-order valence-electron chi connectivity index (χ2n) is 4.84. The first-order chi connectivity index (χ1) is 8.77. The summed E-state index contributed by atoms with van der Waals surface area (Å²) in [6.45, 7) is 4.56. The predicted molar refractivity (Wildman–Crippen MR) is 68.1 cm³/mol. The Balaban J connectivity index is 1.62. The van der Waals surface area contributed by atoms with Crippen LogP contribution in [0.5, 0.6) is 0 Å². The van der Waals surface area contributed by atoms with Crippen molar-refractivity contribution in [3.8, 4) is 0 Å². The maximum absolute atomic E-state index is 11.8. The molecular formula is C12H22N4O2. The van der Waals surface area contributed by atoms with Crippen LogP contribution in [0.15, 0.2) is 0 Å². The van der Waals surface area contributed by atoms with Crippen molar-refractivity contribution in [2.45, 2.75) is 25.3 Å². The van der Waals surface area contributed by atoms with Crippen LogP contribution in [0.1, 0.15) is 19.3 Å². The molecule has 0 spiro atoms. The van der Waals surface area contributed by atoms with Crippen LogP contribution in [0.2, 0.25) is 0 Å². The molecule has 2 amide bonds. The van der Waals surface area contributed by atoms with Gasteiger partial charge in [-0.3, -0.25) is 9.59 Å². The van der Waals surface area contributed by atoms with Gasteiger partial charge in [0.25, 0.3) is 0 Å². The van der Waals surface area contributed by atoms with Crippen molar-refractivity contribution in [2.24, 2.45) is 0 Å². The van der Waals surface area contributed by atoms with Gasteiger partial charge in [0.05, 0.1) is 6.04 Å². The monoisotopic (exact) mass is 254 g/mol. The van der Waals surface area contributed by atoms with E-state index in [4.69, 9.17) is 0 Å². The second-order valence-corrected chi connectivity index (χ2v) is 4.84. The molecule has 0 aromatic rings. The molecule has 0 saturated carbocycles. The molecule has 6 heteroatoms. The molecule has 0 bridgehead atoms. The lowest BCUT2D eigenvalue weighted by molar-refractivity contribution is -0.130. The minimum Gasteiger partial charge on any atom is -0.354 e. The zero-order chi connectivity index (χ0) is 12.8. The predicted octanol–water partition coefficient (Wildman–Crippen LogP) is -1.32. The maximum atomic E-state index is 11.8. The molecule has 2 rings (SSSR count). The highest BCUT2D eigenvalue weighted by molar-refractivity contribution is 5.83. The Kier molecular flexibility index (Phi) is 4.95. The van der Waals surface area contributed by atoms with Gasteiger partial charge in [0.15, 0.2) is 0 Å². The molecule has 2 fully saturated rings. The summed E-state index contributed by atoms with van der Waals surface area (Å²) in [6, 6.07) is -0.166. The Morgan fingerprint density at radius 1 is 1.22 bits per heavy atom. The van der Waals surface area contributed by atoms with Crippen LogP contribution in [0, 0.1) is 0 Å². The molecule has 0 aliphatic carbocycles. The van der Waals surface area contributed by atoms with Crippen LogP contribution in [-0.2, 0) is 9.59 Å². The third-order valence-electron chi connectivity index (χ3n) is 3.45. The highest BCUT2D eigenvalue weighted by Crippen LogP contribution is 2.08. The first-order valence-corrected chi connectivity index (χ1v) is 6.77. The van der Waals surface area contributed by atoms with Crippen LogP contribution in [0.25, 0.3) is 0 Å². The van der Waals surface area contributed by atoms with Gasteiger partial charge in [-0.2, -0.15) is 0 Å². The van der Waals surface area contributed by atoms with Gasteiger partial charge in [0.2, 0.25) is 11.8 Å². The lowest BCUT2D eigenvalue weighted by atomic mass is 10.2. The topological polar surface area (TPSA) is 73.5 Å². The lowest BCUT2D eigenvalue weighted by Crippen LogP contribution is -2.55. The quantitative estimate of drug-likeness (QED) is 0.581. The summed E-state index contributed by atoms with van der Waals surface area (Å²) in [4.78, 5) is 25.4. The second kappa shape index (κ2) is 6.70. The van der Waals surface area contributed by atoms with E-state index in [-0.39, 0.29) is 17.9 Å². The van der Waals surface area contributed by atoms with Gasteiger partial charge in [-0.1, -0.05) is 0 Å². The Labute approximate surface area is 107 Å². The van der Waals surface area contributed by atoms with Crippen LogP contribution in [0.4, 0.5) is 0 Å². The lowest BCUT2D eigenvalue weighted by Gasteiger charge is -2.23. The first kappa shape index (κ1) is 13.3. The molecule has 3 N–H and O–H groups in total. The van der Waals surface area contributed by atoms with E-state index in [0.717, 1.165) is 39.0 Å². The number of carbonyl (C=O) groups excluding carboxylic acids is 2. The van der Waals surface area contributed by atoms with E-state index in [1.807, 2.05) is 4.90 Å². The van der Waals surface area contributed by atoms with E-state index >= 15 is 0 Å². The van der Waals surface area contributed by atoms with E-state index in [1.54, 1.807) is 0 Å².